The maximum absolute atomic E-state index is 12.7. The molecule has 0 spiro atoms. The molecule has 134 valence electrons. The van der Waals surface area contributed by atoms with Gasteiger partial charge in [-0.3, -0.25) is 14.4 Å². The molecule has 0 bridgehead atoms. The Balaban J connectivity index is 1.78. The van der Waals surface area contributed by atoms with Crippen molar-refractivity contribution < 1.29 is 14.4 Å². The second kappa shape index (κ2) is 6.84. The van der Waals surface area contributed by atoms with Crippen LogP contribution >= 0.6 is 23.2 Å². The molecule has 2 heterocycles. The Morgan fingerprint density at radius 2 is 1.80 bits per heavy atom. The van der Waals surface area contributed by atoms with Crippen LogP contribution in [-0.4, -0.2) is 59.2 Å². The van der Waals surface area contributed by atoms with Crippen molar-refractivity contribution in [3.63, 3.8) is 0 Å². The lowest BCUT2D eigenvalue weighted by Gasteiger charge is -2.46. The van der Waals surface area contributed by atoms with Gasteiger partial charge in [-0.05, 0) is 24.1 Å². The van der Waals surface area contributed by atoms with E-state index in [0.29, 0.717) is 28.7 Å². The molecule has 2 saturated heterocycles. The number of rotatable bonds is 2. The first-order valence-electron chi connectivity index (χ1n) is 8.14. The van der Waals surface area contributed by atoms with Crippen molar-refractivity contribution in [3.05, 3.63) is 33.8 Å². The van der Waals surface area contributed by atoms with Crippen LogP contribution in [0.5, 0.6) is 0 Å². The van der Waals surface area contributed by atoms with Crippen LogP contribution in [0.3, 0.4) is 0 Å². The maximum atomic E-state index is 12.7. The number of carbonyl (C=O) groups excluding carboxylic acids is 3. The van der Waals surface area contributed by atoms with E-state index < -0.39 is 12.1 Å². The predicted molar refractivity (Wildman–Crippen MR) is 94.6 cm³/mol. The third-order valence-corrected chi connectivity index (χ3v) is 5.03. The first kappa shape index (κ1) is 18.0. The lowest BCUT2D eigenvalue weighted by Crippen LogP contribution is -2.70. The van der Waals surface area contributed by atoms with Gasteiger partial charge in [-0.2, -0.15) is 0 Å². The highest BCUT2D eigenvalue weighted by Gasteiger charge is 2.45. The molecule has 0 aliphatic carbocycles. The van der Waals surface area contributed by atoms with E-state index in [-0.39, 0.29) is 30.2 Å². The number of piperazine rings is 2. The summed E-state index contributed by atoms with van der Waals surface area (Å²) in [5, 5.41) is 3.52. The highest BCUT2D eigenvalue weighted by Crippen LogP contribution is 2.23. The van der Waals surface area contributed by atoms with E-state index in [4.69, 9.17) is 23.2 Å². The normalized spacial score (nSPS) is 23.6. The summed E-state index contributed by atoms with van der Waals surface area (Å²) in [6.45, 7) is 4.65. The molecule has 25 heavy (non-hydrogen) atoms. The molecular formula is C17H19Cl2N3O3. The van der Waals surface area contributed by atoms with E-state index >= 15 is 0 Å². The predicted octanol–water partition coefficient (Wildman–Crippen LogP) is 1.80. The van der Waals surface area contributed by atoms with Crippen LogP contribution in [0.1, 0.15) is 24.2 Å². The molecular weight excluding hydrogens is 365 g/mol. The van der Waals surface area contributed by atoms with Gasteiger partial charge >= 0.3 is 0 Å². The molecule has 2 fully saturated rings. The Kier molecular flexibility index (Phi) is 4.93. The van der Waals surface area contributed by atoms with Gasteiger partial charge in [0, 0.05) is 28.7 Å². The first-order valence-corrected chi connectivity index (χ1v) is 8.89. The van der Waals surface area contributed by atoms with Gasteiger partial charge in [0.15, 0.2) is 0 Å². The van der Waals surface area contributed by atoms with E-state index in [2.05, 4.69) is 5.32 Å². The summed E-state index contributed by atoms with van der Waals surface area (Å²) in [5.41, 5.74) is 0.369. The molecule has 3 rings (SSSR count). The van der Waals surface area contributed by atoms with Crippen LogP contribution in [0.4, 0.5) is 0 Å². The van der Waals surface area contributed by atoms with Gasteiger partial charge in [-0.1, -0.05) is 37.0 Å². The minimum absolute atomic E-state index is 0.0191. The molecule has 2 aliphatic heterocycles. The van der Waals surface area contributed by atoms with Gasteiger partial charge < -0.3 is 15.1 Å². The molecule has 1 N–H and O–H groups in total. The third kappa shape index (κ3) is 3.46. The number of hydrogen-bond acceptors (Lipinski definition) is 3. The van der Waals surface area contributed by atoms with Gasteiger partial charge in [0.2, 0.25) is 11.8 Å². The summed E-state index contributed by atoms with van der Waals surface area (Å²) in [6, 6.07) is 3.48. The molecule has 8 heteroatoms. The van der Waals surface area contributed by atoms with Crippen LogP contribution in [-0.2, 0) is 9.59 Å². The van der Waals surface area contributed by atoms with Crippen molar-refractivity contribution >= 4 is 40.9 Å². The zero-order valence-electron chi connectivity index (χ0n) is 14.0. The fraction of sp³-hybridized carbons (Fsp3) is 0.471. The van der Waals surface area contributed by atoms with Crippen LogP contribution in [0, 0.1) is 5.92 Å². The molecule has 0 radical (unpaired) electrons. The van der Waals surface area contributed by atoms with Gasteiger partial charge in [0.1, 0.15) is 12.1 Å². The Morgan fingerprint density at radius 3 is 2.40 bits per heavy atom. The van der Waals surface area contributed by atoms with Crippen LogP contribution in [0.15, 0.2) is 18.2 Å². The number of fused-ring (bicyclic) bond motifs is 1. The lowest BCUT2D eigenvalue weighted by molar-refractivity contribution is -0.153. The van der Waals surface area contributed by atoms with E-state index in [0.717, 1.165) is 0 Å². The van der Waals surface area contributed by atoms with Crippen LogP contribution < -0.4 is 5.32 Å². The first-order chi connectivity index (χ1) is 11.8. The highest BCUT2D eigenvalue weighted by atomic mass is 35.5. The largest absolute Gasteiger partial charge is 0.342 e. The Morgan fingerprint density at radius 1 is 1.16 bits per heavy atom. The monoisotopic (exact) mass is 383 g/mol. The molecule has 6 nitrogen and oxygen atoms in total. The molecule has 2 aliphatic rings. The van der Waals surface area contributed by atoms with Gasteiger partial charge in [0.05, 0.1) is 6.54 Å². The molecule has 1 aromatic carbocycles. The molecule has 1 aromatic rings. The quantitative estimate of drug-likeness (QED) is 0.846. The van der Waals surface area contributed by atoms with Crippen molar-refractivity contribution in [1.29, 1.82) is 0 Å². The third-order valence-electron chi connectivity index (χ3n) is 4.59. The Hall–Kier alpha value is -1.79. The van der Waals surface area contributed by atoms with Gasteiger partial charge in [-0.15, -0.1) is 0 Å². The number of nitrogens with zero attached hydrogens (tertiary/aromatic N) is 2. The summed E-state index contributed by atoms with van der Waals surface area (Å²) in [7, 11) is 0. The van der Waals surface area contributed by atoms with Gasteiger partial charge in [-0.25, -0.2) is 0 Å². The number of amides is 3. The minimum atomic E-state index is -0.658. The number of benzene rings is 1. The van der Waals surface area contributed by atoms with Crippen LogP contribution in [0.2, 0.25) is 10.0 Å². The summed E-state index contributed by atoms with van der Waals surface area (Å²) < 4.78 is 0. The van der Waals surface area contributed by atoms with Crippen molar-refractivity contribution in [3.8, 4) is 0 Å². The molecule has 0 unspecified atom stereocenters. The average molecular weight is 384 g/mol. The average Bonchev–Trinajstić information content (AvgIpc) is 2.55. The molecule has 3 amide bonds. The SMILES string of the molecule is CC(C)[C@H]1NC(=O)[C@H]2CN(C(=O)c3cc(Cl)cc(Cl)c3)CCN2C1=O. The van der Waals surface area contributed by atoms with Crippen molar-refractivity contribution in [1.82, 2.24) is 15.1 Å². The molecule has 0 aromatic heterocycles. The van der Waals surface area contributed by atoms with E-state index in [1.807, 2.05) is 13.8 Å². The van der Waals surface area contributed by atoms with Crippen molar-refractivity contribution in [2.45, 2.75) is 25.9 Å². The van der Waals surface area contributed by atoms with E-state index in [1.165, 1.54) is 0 Å². The highest BCUT2D eigenvalue weighted by molar-refractivity contribution is 6.35. The second-order valence-electron chi connectivity index (χ2n) is 6.69. The number of nitrogens with one attached hydrogen (secondary N) is 1. The smallest absolute Gasteiger partial charge is 0.254 e. The summed E-state index contributed by atoms with van der Waals surface area (Å²) >= 11 is 11.9. The number of halogens is 2. The summed E-state index contributed by atoms with van der Waals surface area (Å²) in [5.74, 6) is -0.543. The van der Waals surface area contributed by atoms with Gasteiger partial charge in [0.25, 0.3) is 5.91 Å². The zero-order chi connectivity index (χ0) is 18.3. The maximum Gasteiger partial charge on any atom is 0.254 e. The molecule has 2 atom stereocenters. The number of carbonyl (C=O) groups is 3. The second-order valence-corrected chi connectivity index (χ2v) is 7.56. The summed E-state index contributed by atoms with van der Waals surface area (Å²) in [4.78, 5) is 40.8. The fourth-order valence-corrected chi connectivity index (χ4v) is 3.78. The topological polar surface area (TPSA) is 69.7 Å². The molecule has 0 saturated carbocycles. The van der Waals surface area contributed by atoms with E-state index in [1.54, 1.807) is 28.0 Å². The van der Waals surface area contributed by atoms with Crippen LogP contribution in [0.25, 0.3) is 0 Å². The number of hydrogen-bond donors (Lipinski definition) is 1. The van der Waals surface area contributed by atoms with E-state index in [9.17, 15) is 14.4 Å². The lowest BCUT2D eigenvalue weighted by atomic mass is 9.96. The Bertz CT molecular complexity index is 718. The van der Waals surface area contributed by atoms with Crippen molar-refractivity contribution in [2.24, 2.45) is 5.92 Å². The summed E-state index contributed by atoms with van der Waals surface area (Å²) in [6.07, 6.45) is 0. The standard InChI is InChI=1S/C17H19Cl2N3O3/c1-9(2)14-17(25)22-4-3-21(8-13(22)15(23)20-14)16(24)10-5-11(18)7-12(19)6-10/h5-7,9,13-14H,3-4,8H2,1-2H3,(H,20,23)/t13-,14-/m1/s1. The fourth-order valence-electron chi connectivity index (χ4n) is 3.26. The zero-order valence-corrected chi connectivity index (χ0v) is 15.5. The minimum Gasteiger partial charge on any atom is -0.342 e. The van der Waals surface area contributed by atoms with Crippen molar-refractivity contribution in [2.75, 3.05) is 19.6 Å². The Labute approximate surface area is 156 Å².